The molecule has 0 fully saturated rings. The van der Waals surface area contributed by atoms with E-state index >= 15 is 0 Å². The maximum Gasteiger partial charge on any atom is 0.193 e. The molecule has 0 radical (unpaired) electrons. The lowest BCUT2D eigenvalue weighted by Crippen LogP contribution is -1.88. The highest BCUT2D eigenvalue weighted by molar-refractivity contribution is 7.00. The van der Waals surface area contributed by atoms with Crippen molar-refractivity contribution < 1.29 is 0 Å². The minimum absolute atomic E-state index is 0.717. The topological polar surface area (TPSA) is 50.7 Å². The Hall–Kier alpha value is -1.23. The second-order valence-electron chi connectivity index (χ2n) is 2.08. The van der Waals surface area contributed by atoms with Crippen molar-refractivity contribution in [3.05, 3.63) is 12.3 Å². The summed E-state index contributed by atoms with van der Waals surface area (Å²) in [6.07, 6.45) is 1.74. The lowest BCUT2D eigenvalue weighted by Gasteiger charge is -1.95. The predicted molar refractivity (Wildman–Crippen MR) is 44.8 cm³/mol. The van der Waals surface area contributed by atoms with Crippen molar-refractivity contribution in [1.29, 1.82) is 0 Å². The molecular weight excluding hydrogens is 160 g/mol. The summed E-state index contributed by atoms with van der Waals surface area (Å²) in [7, 11) is 1.85. The third-order valence-electron chi connectivity index (χ3n) is 1.40. The molecule has 2 aromatic heterocycles. The first-order valence-corrected chi connectivity index (χ1v) is 3.89. The van der Waals surface area contributed by atoms with Crippen LogP contribution in [-0.4, -0.2) is 20.8 Å². The van der Waals surface area contributed by atoms with E-state index in [1.54, 1.807) is 6.20 Å². The van der Waals surface area contributed by atoms with Crippen LogP contribution < -0.4 is 5.32 Å². The van der Waals surface area contributed by atoms with E-state index in [1.165, 1.54) is 11.7 Å². The van der Waals surface area contributed by atoms with E-state index in [0.29, 0.717) is 5.65 Å². The van der Waals surface area contributed by atoms with Gasteiger partial charge in [0.15, 0.2) is 5.65 Å². The van der Waals surface area contributed by atoms with Crippen molar-refractivity contribution in [2.45, 2.75) is 0 Å². The maximum atomic E-state index is 4.09. The molecule has 0 saturated heterocycles. The first-order chi connectivity index (χ1) is 5.40. The summed E-state index contributed by atoms with van der Waals surface area (Å²) < 4.78 is 8.04. The van der Waals surface area contributed by atoms with Gasteiger partial charge in [0.25, 0.3) is 0 Å². The number of nitrogens with one attached hydrogen (secondary N) is 1. The molecule has 5 heteroatoms. The summed E-state index contributed by atoms with van der Waals surface area (Å²) in [5.74, 6) is 0. The summed E-state index contributed by atoms with van der Waals surface area (Å²) in [6.45, 7) is 0. The van der Waals surface area contributed by atoms with Gasteiger partial charge in [-0.1, -0.05) is 0 Å². The number of rotatable bonds is 1. The van der Waals surface area contributed by atoms with Gasteiger partial charge in [-0.2, -0.15) is 8.75 Å². The summed E-state index contributed by atoms with van der Waals surface area (Å²) in [6, 6.07) is 1.92. The van der Waals surface area contributed by atoms with E-state index in [9.17, 15) is 0 Å². The molecule has 0 atom stereocenters. The Bertz CT molecular complexity index is 369. The molecule has 2 aromatic rings. The fourth-order valence-electron chi connectivity index (χ4n) is 0.823. The number of pyridine rings is 1. The Morgan fingerprint density at radius 1 is 1.45 bits per heavy atom. The van der Waals surface area contributed by atoms with Gasteiger partial charge in [-0.05, 0) is 6.07 Å². The first-order valence-electron chi connectivity index (χ1n) is 3.16. The third kappa shape index (κ3) is 1.03. The van der Waals surface area contributed by atoms with Gasteiger partial charge in [-0.25, -0.2) is 4.98 Å². The molecular formula is C6H6N4S. The molecule has 11 heavy (non-hydrogen) atoms. The Balaban J connectivity index is 2.67. The van der Waals surface area contributed by atoms with E-state index in [2.05, 4.69) is 19.0 Å². The molecule has 0 aliphatic carbocycles. The van der Waals surface area contributed by atoms with Gasteiger partial charge >= 0.3 is 0 Å². The van der Waals surface area contributed by atoms with Crippen molar-refractivity contribution in [2.24, 2.45) is 0 Å². The van der Waals surface area contributed by atoms with Gasteiger partial charge in [-0.15, -0.1) is 0 Å². The standard InChI is InChI=1S/C6H6N4S/c1-7-4-2-5-6(8-3-4)10-11-9-5/h2-3,7H,1H3. The molecule has 0 bridgehead atoms. The Labute approximate surface area is 67.6 Å². The minimum Gasteiger partial charge on any atom is -0.387 e. The van der Waals surface area contributed by atoms with E-state index in [-0.39, 0.29) is 0 Å². The van der Waals surface area contributed by atoms with E-state index < -0.39 is 0 Å². The molecule has 0 spiro atoms. The molecule has 0 unspecified atom stereocenters. The second-order valence-corrected chi connectivity index (χ2v) is 2.61. The number of fused-ring (bicyclic) bond motifs is 1. The predicted octanol–water partition coefficient (Wildman–Crippen LogP) is 1.13. The number of nitrogens with zero attached hydrogens (tertiary/aromatic N) is 3. The number of hydrogen-bond acceptors (Lipinski definition) is 5. The van der Waals surface area contributed by atoms with Gasteiger partial charge in [0, 0.05) is 7.05 Å². The van der Waals surface area contributed by atoms with Gasteiger partial charge < -0.3 is 5.32 Å². The van der Waals surface area contributed by atoms with E-state index in [1.807, 2.05) is 13.1 Å². The zero-order valence-electron chi connectivity index (χ0n) is 5.90. The van der Waals surface area contributed by atoms with E-state index in [4.69, 9.17) is 0 Å². The van der Waals surface area contributed by atoms with Crippen LogP contribution in [0.2, 0.25) is 0 Å². The van der Waals surface area contributed by atoms with Crippen LogP contribution in [0.4, 0.5) is 5.69 Å². The third-order valence-corrected chi connectivity index (χ3v) is 1.94. The van der Waals surface area contributed by atoms with Crippen LogP contribution in [0.5, 0.6) is 0 Å². The average Bonchev–Trinajstić information content (AvgIpc) is 2.50. The summed E-state index contributed by atoms with van der Waals surface area (Å²) in [4.78, 5) is 4.09. The smallest absolute Gasteiger partial charge is 0.193 e. The lowest BCUT2D eigenvalue weighted by molar-refractivity contribution is 1.34. The maximum absolute atomic E-state index is 4.09. The van der Waals surface area contributed by atoms with Crippen molar-refractivity contribution in [1.82, 2.24) is 13.7 Å². The molecule has 0 aromatic carbocycles. The van der Waals surface area contributed by atoms with Crippen LogP contribution in [0.15, 0.2) is 12.3 Å². The van der Waals surface area contributed by atoms with Crippen LogP contribution >= 0.6 is 11.7 Å². The van der Waals surface area contributed by atoms with Gasteiger partial charge in [0.05, 0.1) is 23.6 Å². The molecule has 4 nitrogen and oxygen atoms in total. The fraction of sp³-hybridized carbons (Fsp3) is 0.167. The van der Waals surface area contributed by atoms with Gasteiger partial charge in [0.1, 0.15) is 5.52 Å². The Morgan fingerprint density at radius 2 is 2.36 bits per heavy atom. The zero-order chi connectivity index (χ0) is 7.68. The highest BCUT2D eigenvalue weighted by Gasteiger charge is 1.98. The van der Waals surface area contributed by atoms with Crippen LogP contribution in [0.25, 0.3) is 11.2 Å². The van der Waals surface area contributed by atoms with Crippen molar-refractivity contribution >= 4 is 28.6 Å². The first kappa shape index (κ1) is 6.48. The summed E-state index contributed by atoms with van der Waals surface area (Å²) in [5.41, 5.74) is 2.53. The number of anilines is 1. The van der Waals surface area contributed by atoms with Crippen molar-refractivity contribution in [2.75, 3.05) is 12.4 Å². The summed E-state index contributed by atoms with van der Waals surface area (Å²) >= 11 is 1.18. The lowest BCUT2D eigenvalue weighted by atomic mass is 10.4. The van der Waals surface area contributed by atoms with Crippen molar-refractivity contribution in [3.8, 4) is 0 Å². The molecule has 56 valence electrons. The van der Waals surface area contributed by atoms with Crippen LogP contribution in [-0.2, 0) is 0 Å². The Morgan fingerprint density at radius 3 is 3.18 bits per heavy atom. The zero-order valence-corrected chi connectivity index (χ0v) is 6.72. The fourth-order valence-corrected chi connectivity index (χ4v) is 1.30. The second kappa shape index (κ2) is 2.43. The molecule has 0 aliphatic heterocycles. The highest BCUT2D eigenvalue weighted by atomic mass is 32.1. The van der Waals surface area contributed by atoms with E-state index in [0.717, 1.165) is 11.2 Å². The van der Waals surface area contributed by atoms with Crippen LogP contribution in [0, 0.1) is 0 Å². The van der Waals surface area contributed by atoms with Gasteiger partial charge in [0.2, 0.25) is 0 Å². The van der Waals surface area contributed by atoms with Gasteiger partial charge in [-0.3, -0.25) is 0 Å². The molecule has 0 aliphatic rings. The summed E-state index contributed by atoms with van der Waals surface area (Å²) in [5, 5.41) is 2.98. The highest BCUT2D eigenvalue weighted by Crippen LogP contribution is 2.12. The number of hydrogen-bond donors (Lipinski definition) is 1. The number of aromatic nitrogens is 3. The minimum atomic E-state index is 0.717. The monoisotopic (exact) mass is 166 g/mol. The van der Waals surface area contributed by atoms with Crippen molar-refractivity contribution in [3.63, 3.8) is 0 Å². The average molecular weight is 166 g/mol. The molecule has 2 rings (SSSR count). The Kier molecular flexibility index (Phi) is 1.43. The van der Waals surface area contributed by atoms with Crippen LogP contribution in [0.3, 0.4) is 0 Å². The molecule has 0 saturated carbocycles. The SMILES string of the molecule is CNc1cnc2nsnc2c1. The molecule has 2 heterocycles. The largest absolute Gasteiger partial charge is 0.387 e. The quantitative estimate of drug-likeness (QED) is 0.690. The van der Waals surface area contributed by atoms with Crippen LogP contribution in [0.1, 0.15) is 0 Å². The molecule has 0 amide bonds. The molecule has 1 N–H and O–H groups in total. The normalized spacial score (nSPS) is 10.3.